The van der Waals surface area contributed by atoms with Crippen molar-refractivity contribution in [3.05, 3.63) is 54.7 Å². The van der Waals surface area contributed by atoms with E-state index in [-0.39, 0.29) is 0 Å². The second-order valence-corrected chi connectivity index (χ2v) is 3.62. The molecule has 0 spiro atoms. The van der Waals surface area contributed by atoms with Crippen molar-refractivity contribution in [1.29, 1.82) is 0 Å². The van der Waals surface area contributed by atoms with Crippen molar-refractivity contribution in [2.24, 2.45) is 0 Å². The van der Waals surface area contributed by atoms with Crippen LogP contribution in [0.4, 0.5) is 4.39 Å². The lowest BCUT2D eigenvalue weighted by Gasteiger charge is -2.01. The minimum absolute atomic E-state index is 0.505. The van der Waals surface area contributed by atoms with Gasteiger partial charge < -0.3 is 0 Å². The van der Waals surface area contributed by atoms with Crippen molar-refractivity contribution >= 4 is 10.9 Å². The van der Waals surface area contributed by atoms with Crippen molar-refractivity contribution in [1.82, 2.24) is 15.0 Å². The van der Waals surface area contributed by atoms with Crippen molar-refractivity contribution in [2.45, 2.75) is 0 Å². The summed E-state index contributed by atoms with van der Waals surface area (Å²) in [4.78, 5) is 12.1. The number of aromatic nitrogens is 3. The van der Waals surface area contributed by atoms with E-state index in [2.05, 4.69) is 15.0 Å². The smallest absolute Gasteiger partial charge is 0.213 e. The molecular formula is C13H8FN3. The van der Waals surface area contributed by atoms with Gasteiger partial charge in [0.25, 0.3) is 0 Å². The van der Waals surface area contributed by atoms with E-state index in [0.717, 1.165) is 10.9 Å². The molecule has 17 heavy (non-hydrogen) atoms. The van der Waals surface area contributed by atoms with Gasteiger partial charge >= 0.3 is 0 Å². The van der Waals surface area contributed by atoms with Crippen LogP contribution in [0.5, 0.6) is 0 Å². The number of fused-ring (bicyclic) bond motifs is 1. The van der Waals surface area contributed by atoms with Crippen molar-refractivity contribution < 1.29 is 4.39 Å². The highest BCUT2D eigenvalue weighted by Gasteiger charge is 2.04. The lowest BCUT2D eigenvalue weighted by Crippen LogP contribution is -1.91. The summed E-state index contributed by atoms with van der Waals surface area (Å²) >= 11 is 0. The minimum atomic E-state index is -0.528. The molecule has 0 radical (unpaired) electrons. The molecule has 0 saturated carbocycles. The Morgan fingerprint density at radius 3 is 2.76 bits per heavy atom. The van der Waals surface area contributed by atoms with E-state index in [1.54, 1.807) is 12.3 Å². The summed E-state index contributed by atoms with van der Waals surface area (Å²) in [7, 11) is 0. The Bertz CT molecular complexity index is 682. The van der Waals surface area contributed by atoms with Crippen LogP contribution in [0.15, 0.2) is 48.8 Å². The molecule has 3 aromatic rings. The first-order chi connectivity index (χ1) is 8.33. The van der Waals surface area contributed by atoms with Crippen molar-refractivity contribution in [2.75, 3.05) is 0 Å². The molecule has 82 valence electrons. The van der Waals surface area contributed by atoms with Gasteiger partial charge in [0, 0.05) is 29.4 Å². The molecule has 3 rings (SSSR count). The summed E-state index contributed by atoms with van der Waals surface area (Å²) in [6.07, 6.45) is 3.14. The minimum Gasteiger partial charge on any atom is -0.236 e. The molecule has 0 amide bonds. The van der Waals surface area contributed by atoms with E-state index in [4.69, 9.17) is 0 Å². The predicted octanol–water partition coefficient (Wildman–Crippen LogP) is 2.83. The summed E-state index contributed by atoms with van der Waals surface area (Å²) in [5.74, 6) is -0.0238. The first-order valence-corrected chi connectivity index (χ1v) is 5.17. The van der Waals surface area contributed by atoms with Gasteiger partial charge in [0.05, 0.1) is 5.52 Å². The Morgan fingerprint density at radius 2 is 1.88 bits per heavy atom. The first kappa shape index (κ1) is 9.84. The lowest BCUT2D eigenvalue weighted by molar-refractivity contribution is 0.584. The van der Waals surface area contributed by atoms with Gasteiger partial charge in [-0.15, -0.1) is 0 Å². The molecule has 0 fully saturated rings. The fourth-order valence-corrected chi connectivity index (χ4v) is 1.65. The molecule has 0 aliphatic rings. The van der Waals surface area contributed by atoms with E-state index >= 15 is 0 Å². The molecule has 0 atom stereocenters. The molecule has 0 aliphatic carbocycles. The van der Waals surface area contributed by atoms with Gasteiger partial charge in [-0.3, -0.25) is 0 Å². The van der Waals surface area contributed by atoms with Crippen LogP contribution >= 0.6 is 0 Å². The molecule has 2 aromatic heterocycles. The standard InChI is InChI=1S/C13H8FN3/c14-12-7-9(5-6-15-12)13-16-8-10-3-1-2-4-11(10)17-13/h1-8H. The summed E-state index contributed by atoms with van der Waals surface area (Å²) in [6, 6.07) is 10.7. The second kappa shape index (κ2) is 3.90. The summed E-state index contributed by atoms with van der Waals surface area (Å²) < 4.78 is 13.0. The van der Waals surface area contributed by atoms with E-state index < -0.39 is 5.95 Å². The molecule has 3 nitrogen and oxygen atoms in total. The molecule has 2 heterocycles. The topological polar surface area (TPSA) is 38.7 Å². The fourth-order valence-electron chi connectivity index (χ4n) is 1.65. The summed E-state index contributed by atoms with van der Waals surface area (Å²) in [5.41, 5.74) is 1.47. The van der Waals surface area contributed by atoms with Crippen LogP contribution in [0.3, 0.4) is 0 Å². The van der Waals surface area contributed by atoms with Crippen LogP contribution in [0.1, 0.15) is 0 Å². The van der Waals surface area contributed by atoms with Crippen molar-refractivity contribution in [3.8, 4) is 11.4 Å². The fraction of sp³-hybridized carbons (Fsp3) is 0. The predicted molar refractivity (Wildman–Crippen MR) is 62.7 cm³/mol. The quantitative estimate of drug-likeness (QED) is 0.598. The normalized spacial score (nSPS) is 10.6. The molecule has 0 unspecified atom stereocenters. The summed E-state index contributed by atoms with van der Waals surface area (Å²) in [6.45, 7) is 0. The Balaban J connectivity index is 2.18. The molecule has 0 N–H and O–H groups in total. The van der Waals surface area contributed by atoms with Gasteiger partial charge in [-0.25, -0.2) is 15.0 Å². The van der Waals surface area contributed by atoms with Gasteiger partial charge in [-0.1, -0.05) is 18.2 Å². The maximum Gasteiger partial charge on any atom is 0.213 e. The second-order valence-electron chi connectivity index (χ2n) is 3.62. The number of rotatable bonds is 1. The zero-order chi connectivity index (χ0) is 11.7. The first-order valence-electron chi connectivity index (χ1n) is 5.17. The van der Waals surface area contributed by atoms with E-state index in [1.807, 2.05) is 24.3 Å². The van der Waals surface area contributed by atoms with Gasteiger partial charge in [0.15, 0.2) is 5.82 Å². The average Bonchev–Trinajstić information content (AvgIpc) is 2.38. The number of hydrogen-bond acceptors (Lipinski definition) is 3. The van der Waals surface area contributed by atoms with Crippen LogP contribution in [0, 0.1) is 5.95 Å². The van der Waals surface area contributed by atoms with Crippen LogP contribution in [-0.4, -0.2) is 15.0 Å². The maximum atomic E-state index is 13.0. The molecule has 4 heteroatoms. The third-order valence-electron chi connectivity index (χ3n) is 2.47. The van der Waals surface area contributed by atoms with Crippen LogP contribution < -0.4 is 0 Å². The van der Waals surface area contributed by atoms with Crippen LogP contribution in [0.25, 0.3) is 22.3 Å². The molecule has 1 aromatic carbocycles. The van der Waals surface area contributed by atoms with Crippen LogP contribution in [-0.2, 0) is 0 Å². The SMILES string of the molecule is Fc1cc(-c2ncc3ccccc3n2)ccn1. The highest BCUT2D eigenvalue weighted by atomic mass is 19.1. The van der Waals surface area contributed by atoms with Gasteiger partial charge in [-0.2, -0.15) is 4.39 Å². The third-order valence-corrected chi connectivity index (χ3v) is 2.47. The Labute approximate surface area is 97.0 Å². The molecular weight excluding hydrogens is 217 g/mol. The third kappa shape index (κ3) is 1.85. The Morgan fingerprint density at radius 1 is 1.00 bits per heavy atom. The molecule has 0 bridgehead atoms. The zero-order valence-electron chi connectivity index (χ0n) is 8.84. The Kier molecular flexibility index (Phi) is 2.26. The number of pyridine rings is 1. The van der Waals surface area contributed by atoms with E-state index in [9.17, 15) is 4.39 Å². The number of para-hydroxylation sites is 1. The van der Waals surface area contributed by atoms with Gasteiger partial charge in [0.2, 0.25) is 5.95 Å². The number of nitrogens with zero attached hydrogens (tertiary/aromatic N) is 3. The number of halogens is 1. The monoisotopic (exact) mass is 225 g/mol. The zero-order valence-corrected chi connectivity index (χ0v) is 8.84. The summed E-state index contributed by atoms with van der Waals surface area (Å²) in [5, 5.41) is 0.964. The van der Waals surface area contributed by atoms with Gasteiger partial charge in [-0.05, 0) is 12.1 Å². The van der Waals surface area contributed by atoms with Crippen LogP contribution in [0.2, 0.25) is 0 Å². The lowest BCUT2D eigenvalue weighted by atomic mass is 10.2. The average molecular weight is 225 g/mol. The largest absolute Gasteiger partial charge is 0.236 e. The number of hydrogen-bond donors (Lipinski definition) is 0. The van der Waals surface area contributed by atoms with E-state index in [0.29, 0.717) is 11.4 Å². The number of benzene rings is 1. The van der Waals surface area contributed by atoms with Gasteiger partial charge in [0.1, 0.15) is 0 Å². The molecule has 0 saturated heterocycles. The highest BCUT2D eigenvalue weighted by molar-refractivity contribution is 5.79. The van der Waals surface area contributed by atoms with E-state index in [1.165, 1.54) is 12.3 Å². The Hall–Kier alpha value is -2.36. The van der Waals surface area contributed by atoms with Crippen molar-refractivity contribution in [3.63, 3.8) is 0 Å². The highest BCUT2D eigenvalue weighted by Crippen LogP contribution is 2.17. The molecule has 0 aliphatic heterocycles. The maximum absolute atomic E-state index is 13.0.